The Balaban J connectivity index is 2.29. The third-order valence-electron chi connectivity index (χ3n) is 3.45. The molecular formula is C11H18N2S. The molecule has 0 radical (unpaired) electrons. The molecule has 1 heterocycles. The molecule has 2 rings (SSSR count). The van der Waals surface area contributed by atoms with E-state index >= 15 is 0 Å². The van der Waals surface area contributed by atoms with Crippen molar-refractivity contribution >= 4 is 11.3 Å². The fourth-order valence-corrected chi connectivity index (χ4v) is 3.04. The number of aryl methyl sites for hydroxylation is 1. The number of hydrogen-bond acceptors (Lipinski definition) is 3. The van der Waals surface area contributed by atoms with Crippen molar-refractivity contribution in [3.8, 4) is 0 Å². The fourth-order valence-electron chi connectivity index (χ4n) is 2.33. The lowest BCUT2D eigenvalue weighted by molar-refractivity contribution is 0.202. The highest BCUT2D eigenvalue weighted by atomic mass is 32.1. The van der Waals surface area contributed by atoms with Gasteiger partial charge in [-0.25, -0.2) is 4.98 Å². The standard InChI is InChI=1S/C11H18N2S/c1-8-5-3-4-6-11(8,12)10-7-14-9(2)13-10/h7-8H,3-6,12H2,1-2H3. The summed E-state index contributed by atoms with van der Waals surface area (Å²) in [6.07, 6.45) is 4.91. The minimum absolute atomic E-state index is 0.150. The van der Waals surface area contributed by atoms with Crippen LogP contribution in [-0.4, -0.2) is 4.98 Å². The van der Waals surface area contributed by atoms with Crippen LogP contribution in [0.2, 0.25) is 0 Å². The monoisotopic (exact) mass is 210 g/mol. The van der Waals surface area contributed by atoms with Crippen LogP contribution in [0.1, 0.15) is 43.3 Å². The number of nitrogens with two attached hydrogens (primary N) is 1. The van der Waals surface area contributed by atoms with Gasteiger partial charge in [-0.15, -0.1) is 11.3 Å². The van der Waals surface area contributed by atoms with Gasteiger partial charge in [0.25, 0.3) is 0 Å². The molecule has 0 amide bonds. The molecule has 0 saturated heterocycles. The van der Waals surface area contributed by atoms with Gasteiger partial charge in [0.2, 0.25) is 0 Å². The molecule has 78 valence electrons. The maximum absolute atomic E-state index is 6.48. The highest BCUT2D eigenvalue weighted by Gasteiger charge is 2.37. The van der Waals surface area contributed by atoms with Crippen LogP contribution in [-0.2, 0) is 5.54 Å². The lowest BCUT2D eigenvalue weighted by atomic mass is 9.73. The molecule has 1 aromatic rings. The number of aromatic nitrogens is 1. The summed E-state index contributed by atoms with van der Waals surface area (Å²) in [5.74, 6) is 0.567. The quantitative estimate of drug-likeness (QED) is 0.774. The van der Waals surface area contributed by atoms with Crippen molar-refractivity contribution in [1.82, 2.24) is 4.98 Å². The molecule has 0 aromatic carbocycles. The zero-order valence-electron chi connectivity index (χ0n) is 8.92. The van der Waals surface area contributed by atoms with E-state index in [4.69, 9.17) is 5.73 Å². The molecule has 1 aliphatic rings. The van der Waals surface area contributed by atoms with Gasteiger partial charge in [0.15, 0.2) is 0 Å². The van der Waals surface area contributed by atoms with Crippen LogP contribution in [0.3, 0.4) is 0 Å². The van der Waals surface area contributed by atoms with Crippen LogP contribution in [0.25, 0.3) is 0 Å². The smallest absolute Gasteiger partial charge is 0.0898 e. The first-order valence-corrected chi connectivity index (χ1v) is 6.22. The second-order valence-corrected chi connectivity index (χ2v) is 5.50. The second-order valence-electron chi connectivity index (χ2n) is 4.44. The largest absolute Gasteiger partial charge is 0.320 e. The van der Waals surface area contributed by atoms with E-state index in [2.05, 4.69) is 17.3 Å². The van der Waals surface area contributed by atoms with Crippen molar-refractivity contribution in [3.63, 3.8) is 0 Å². The average molecular weight is 210 g/mol. The fraction of sp³-hybridized carbons (Fsp3) is 0.727. The third-order valence-corrected chi connectivity index (χ3v) is 4.23. The molecule has 1 fully saturated rings. The van der Waals surface area contributed by atoms with Gasteiger partial charge in [0, 0.05) is 5.38 Å². The molecule has 2 N–H and O–H groups in total. The van der Waals surface area contributed by atoms with E-state index in [0.717, 1.165) is 17.1 Å². The van der Waals surface area contributed by atoms with Crippen LogP contribution >= 0.6 is 11.3 Å². The molecule has 1 aliphatic carbocycles. The molecule has 0 spiro atoms. The number of thiazole rings is 1. The molecule has 0 aliphatic heterocycles. The summed E-state index contributed by atoms with van der Waals surface area (Å²) in [6.45, 7) is 4.30. The third kappa shape index (κ3) is 1.59. The zero-order chi connectivity index (χ0) is 10.2. The predicted octanol–water partition coefficient (Wildman–Crippen LogP) is 2.82. The number of nitrogens with zero attached hydrogens (tertiary/aromatic N) is 1. The van der Waals surface area contributed by atoms with E-state index < -0.39 is 0 Å². The van der Waals surface area contributed by atoms with Gasteiger partial charge in [0.05, 0.1) is 16.2 Å². The van der Waals surface area contributed by atoms with Gasteiger partial charge >= 0.3 is 0 Å². The summed E-state index contributed by atoms with van der Waals surface area (Å²) in [5.41, 5.74) is 7.45. The summed E-state index contributed by atoms with van der Waals surface area (Å²) in [4.78, 5) is 4.55. The Kier molecular flexibility index (Phi) is 2.62. The van der Waals surface area contributed by atoms with Crippen LogP contribution in [0, 0.1) is 12.8 Å². The van der Waals surface area contributed by atoms with Gasteiger partial charge < -0.3 is 5.73 Å². The van der Waals surface area contributed by atoms with Crippen molar-refractivity contribution < 1.29 is 0 Å². The Labute approximate surface area is 89.5 Å². The first kappa shape index (κ1) is 10.1. The molecule has 0 bridgehead atoms. The minimum atomic E-state index is -0.150. The van der Waals surface area contributed by atoms with Gasteiger partial charge in [-0.05, 0) is 25.7 Å². The van der Waals surface area contributed by atoms with Crippen molar-refractivity contribution in [2.45, 2.75) is 45.1 Å². The lowest BCUT2D eigenvalue weighted by Gasteiger charge is -2.38. The summed E-state index contributed by atoms with van der Waals surface area (Å²) in [5, 5.41) is 3.26. The molecule has 2 atom stereocenters. The van der Waals surface area contributed by atoms with E-state index in [-0.39, 0.29) is 5.54 Å². The second kappa shape index (κ2) is 3.63. The molecule has 3 heteroatoms. The summed E-state index contributed by atoms with van der Waals surface area (Å²) in [7, 11) is 0. The Morgan fingerprint density at radius 3 is 2.93 bits per heavy atom. The van der Waals surface area contributed by atoms with Crippen LogP contribution in [0.4, 0.5) is 0 Å². The molecule has 2 nitrogen and oxygen atoms in total. The number of rotatable bonds is 1. The lowest BCUT2D eigenvalue weighted by Crippen LogP contribution is -2.45. The van der Waals surface area contributed by atoms with Crippen LogP contribution in [0.5, 0.6) is 0 Å². The van der Waals surface area contributed by atoms with Crippen molar-refractivity contribution in [3.05, 3.63) is 16.1 Å². The average Bonchev–Trinajstić information content (AvgIpc) is 2.58. The predicted molar refractivity (Wildman–Crippen MR) is 60.3 cm³/mol. The maximum atomic E-state index is 6.48. The van der Waals surface area contributed by atoms with Crippen LogP contribution < -0.4 is 5.73 Å². The SMILES string of the molecule is Cc1nc(C2(N)CCCCC2C)cs1. The Bertz CT molecular complexity index is 321. The topological polar surface area (TPSA) is 38.9 Å². The zero-order valence-corrected chi connectivity index (χ0v) is 9.73. The highest BCUT2D eigenvalue weighted by Crippen LogP contribution is 2.39. The van der Waals surface area contributed by atoms with Crippen LogP contribution in [0.15, 0.2) is 5.38 Å². The highest BCUT2D eigenvalue weighted by molar-refractivity contribution is 7.09. The molecule has 1 aromatic heterocycles. The molecule has 14 heavy (non-hydrogen) atoms. The number of hydrogen-bond donors (Lipinski definition) is 1. The molecule has 2 unspecified atom stereocenters. The van der Waals surface area contributed by atoms with Crippen molar-refractivity contribution in [2.75, 3.05) is 0 Å². The summed E-state index contributed by atoms with van der Waals surface area (Å²) < 4.78 is 0. The van der Waals surface area contributed by atoms with Gasteiger partial charge in [-0.2, -0.15) is 0 Å². The summed E-state index contributed by atoms with van der Waals surface area (Å²) in [6, 6.07) is 0. The van der Waals surface area contributed by atoms with E-state index in [1.54, 1.807) is 11.3 Å². The first-order chi connectivity index (χ1) is 6.63. The van der Waals surface area contributed by atoms with E-state index in [1.807, 2.05) is 6.92 Å². The van der Waals surface area contributed by atoms with E-state index in [1.165, 1.54) is 19.3 Å². The van der Waals surface area contributed by atoms with Gasteiger partial charge in [-0.1, -0.05) is 19.8 Å². The molecular weight excluding hydrogens is 192 g/mol. The first-order valence-electron chi connectivity index (χ1n) is 5.34. The molecule has 1 saturated carbocycles. The summed E-state index contributed by atoms with van der Waals surface area (Å²) >= 11 is 1.71. The van der Waals surface area contributed by atoms with E-state index in [0.29, 0.717) is 5.92 Å². The van der Waals surface area contributed by atoms with Crippen molar-refractivity contribution in [1.29, 1.82) is 0 Å². The van der Waals surface area contributed by atoms with E-state index in [9.17, 15) is 0 Å². The minimum Gasteiger partial charge on any atom is -0.320 e. The van der Waals surface area contributed by atoms with Gasteiger partial charge in [0.1, 0.15) is 0 Å². The Morgan fingerprint density at radius 2 is 2.36 bits per heavy atom. The maximum Gasteiger partial charge on any atom is 0.0898 e. The van der Waals surface area contributed by atoms with Crippen molar-refractivity contribution in [2.24, 2.45) is 11.7 Å². The van der Waals surface area contributed by atoms with Gasteiger partial charge in [-0.3, -0.25) is 0 Å². The Morgan fingerprint density at radius 1 is 1.57 bits per heavy atom. The normalized spacial score (nSPS) is 33.2. The Hall–Kier alpha value is -0.410.